The number of esters is 1. The fourth-order valence-corrected chi connectivity index (χ4v) is 5.05. The largest absolute Gasteiger partial charge is 0.452 e. The van der Waals surface area contributed by atoms with Crippen LogP contribution in [-0.2, 0) is 14.3 Å². The summed E-state index contributed by atoms with van der Waals surface area (Å²) >= 11 is 1.58. The highest BCUT2D eigenvalue weighted by atomic mass is 32.2. The van der Waals surface area contributed by atoms with E-state index in [4.69, 9.17) is 9.47 Å². The smallest absolute Gasteiger partial charge is 0.339 e. The molecule has 1 aliphatic carbocycles. The van der Waals surface area contributed by atoms with E-state index in [1.807, 2.05) is 48.5 Å². The molecule has 2 heterocycles. The lowest BCUT2D eigenvalue weighted by atomic mass is 10.2. The van der Waals surface area contributed by atoms with Crippen LogP contribution in [-0.4, -0.2) is 46.7 Å². The van der Waals surface area contributed by atoms with Gasteiger partial charge in [-0.05, 0) is 49.9 Å². The Morgan fingerprint density at radius 2 is 1.88 bits per heavy atom. The number of rotatable bonds is 9. The Morgan fingerprint density at radius 1 is 1.09 bits per heavy atom. The maximum absolute atomic E-state index is 12.7. The monoisotopic (exact) mass is 477 g/mol. The first-order valence-corrected chi connectivity index (χ1v) is 12.6. The summed E-state index contributed by atoms with van der Waals surface area (Å²) in [5.74, 6) is 0.888. The van der Waals surface area contributed by atoms with E-state index in [1.165, 1.54) is 0 Å². The highest BCUT2D eigenvalue weighted by Gasteiger charge is 2.28. The molecule has 2 aliphatic rings. The lowest BCUT2D eigenvalue weighted by Crippen LogP contribution is -2.22. The summed E-state index contributed by atoms with van der Waals surface area (Å²) in [5.41, 5.74) is 2.29. The van der Waals surface area contributed by atoms with Crippen LogP contribution in [0.5, 0.6) is 0 Å². The van der Waals surface area contributed by atoms with E-state index in [2.05, 4.69) is 10.4 Å². The van der Waals surface area contributed by atoms with Crippen molar-refractivity contribution in [3.05, 3.63) is 71.9 Å². The quantitative estimate of drug-likeness (QED) is 0.352. The molecule has 1 unspecified atom stereocenters. The van der Waals surface area contributed by atoms with Gasteiger partial charge in [0.2, 0.25) is 0 Å². The lowest BCUT2D eigenvalue weighted by molar-refractivity contribution is -0.119. The third-order valence-corrected chi connectivity index (χ3v) is 7.09. The third kappa shape index (κ3) is 5.51. The zero-order chi connectivity index (χ0) is 23.3. The number of hydrogen-bond donors (Lipinski definition) is 1. The first-order valence-electron chi connectivity index (χ1n) is 11.6. The molecule has 0 radical (unpaired) electrons. The van der Waals surface area contributed by atoms with E-state index in [-0.39, 0.29) is 12.7 Å². The molecule has 0 bridgehead atoms. The molecule has 2 aromatic carbocycles. The molecule has 1 atom stereocenters. The van der Waals surface area contributed by atoms with Gasteiger partial charge in [0.05, 0.1) is 23.0 Å². The van der Waals surface area contributed by atoms with Crippen molar-refractivity contribution >= 4 is 29.5 Å². The van der Waals surface area contributed by atoms with Crippen LogP contribution in [0.3, 0.4) is 0 Å². The number of nitrogens with one attached hydrogen (secondary N) is 1. The third-order valence-electron chi connectivity index (χ3n) is 5.88. The lowest BCUT2D eigenvalue weighted by Gasteiger charge is -2.12. The first kappa shape index (κ1) is 22.7. The number of nitrogens with zero attached hydrogens (tertiary/aromatic N) is 2. The Kier molecular flexibility index (Phi) is 6.97. The van der Waals surface area contributed by atoms with Crippen LogP contribution in [0.1, 0.15) is 47.7 Å². The summed E-state index contributed by atoms with van der Waals surface area (Å²) in [5, 5.41) is 7.54. The second kappa shape index (κ2) is 10.4. The van der Waals surface area contributed by atoms with Crippen LogP contribution in [0, 0.1) is 0 Å². The van der Waals surface area contributed by atoms with Gasteiger partial charge in [-0.25, -0.2) is 9.48 Å². The Morgan fingerprint density at radius 3 is 2.65 bits per heavy atom. The zero-order valence-electron chi connectivity index (χ0n) is 18.8. The second-order valence-electron chi connectivity index (χ2n) is 8.54. The maximum atomic E-state index is 12.7. The van der Waals surface area contributed by atoms with Crippen LogP contribution in [0.25, 0.3) is 5.69 Å². The molecule has 7 nitrogen and oxygen atoms in total. The molecule has 2 fully saturated rings. The predicted octanol–water partition coefficient (Wildman–Crippen LogP) is 4.82. The summed E-state index contributed by atoms with van der Waals surface area (Å²) in [7, 11) is 0. The highest BCUT2D eigenvalue weighted by molar-refractivity contribution is 7.99. The van der Waals surface area contributed by atoms with Crippen molar-refractivity contribution in [2.75, 3.05) is 24.3 Å². The van der Waals surface area contributed by atoms with Gasteiger partial charge in [-0.3, -0.25) is 4.79 Å². The Labute approximate surface area is 202 Å². The standard InChI is InChI=1S/C26H27N3O4S/c30-25(27-24-15-22(18-12-13-18)28-29(24)19-7-2-1-3-8-19)16-33-26(31)21-10-4-5-11-23(21)34-17-20-9-6-14-32-20/h1-5,7-8,10-11,15,18,20H,6,9,12-14,16-17H2,(H,27,30). The number of para-hydroxylation sites is 1. The normalized spacial score (nSPS) is 17.5. The van der Waals surface area contributed by atoms with E-state index in [9.17, 15) is 9.59 Å². The van der Waals surface area contributed by atoms with E-state index in [0.717, 1.165) is 54.3 Å². The Balaban J connectivity index is 1.21. The number of amides is 1. The van der Waals surface area contributed by atoms with E-state index in [1.54, 1.807) is 28.6 Å². The molecule has 176 valence electrons. The van der Waals surface area contributed by atoms with E-state index < -0.39 is 11.9 Å². The van der Waals surface area contributed by atoms with Crippen molar-refractivity contribution in [3.63, 3.8) is 0 Å². The number of carbonyl (C=O) groups is 2. The molecule has 1 amide bonds. The molecule has 1 aliphatic heterocycles. The molecule has 3 aromatic rings. The number of anilines is 1. The average molecular weight is 478 g/mol. The highest BCUT2D eigenvalue weighted by Crippen LogP contribution is 2.40. The summed E-state index contributed by atoms with van der Waals surface area (Å²) in [4.78, 5) is 26.2. The van der Waals surface area contributed by atoms with Gasteiger partial charge < -0.3 is 14.8 Å². The van der Waals surface area contributed by atoms with E-state index in [0.29, 0.717) is 17.3 Å². The van der Waals surface area contributed by atoms with Gasteiger partial charge in [-0.1, -0.05) is 30.3 Å². The maximum Gasteiger partial charge on any atom is 0.339 e. The average Bonchev–Trinajstić information content (AvgIpc) is 3.42. The fourth-order valence-electron chi connectivity index (χ4n) is 3.94. The molecule has 1 saturated heterocycles. The fraction of sp³-hybridized carbons (Fsp3) is 0.346. The predicted molar refractivity (Wildman–Crippen MR) is 131 cm³/mol. The first-order chi connectivity index (χ1) is 16.7. The minimum Gasteiger partial charge on any atom is -0.452 e. The molecule has 1 aromatic heterocycles. The van der Waals surface area contributed by atoms with Gasteiger partial charge >= 0.3 is 5.97 Å². The van der Waals surface area contributed by atoms with Crippen LogP contribution < -0.4 is 5.32 Å². The molecule has 34 heavy (non-hydrogen) atoms. The number of carbonyl (C=O) groups excluding carboxylic acids is 2. The minimum atomic E-state index is -0.513. The summed E-state index contributed by atoms with van der Waals surface area (Å²) in [6.45, 7) is 0.428. The Hall–Kier alpha value is -3.10. The summed E-state index contributed by atoms with van der Waals surface area (Å²) in [6.07, 6.45) is 4.56. The molecule has 8 heteroatoms. The van der Waals surface area contributed by atoms with Crippen LogP contribution in [0.4, 0.5) is 5.82 Å². The number of ether oxygens (including phenoxy) is 2. The van der Waals surface area contributed by atoms with Crippen LogP contribution in [0.2, 0.25) is 0 Å². The number of thioether (sulfide) groups is 1. The summed E-state index contributed by atoms with van der Waals surface area (Å²) < 4.78 is 12.8. The minimum absolute atomic E-state index is 0.217. The molecular formula is C26H27N3O4S. The van der Waals surface area contributed by atoms with Crippen LogP contribution in [0.15, 0.2) is 65.6 Å². The van der Waals surface area contributed by atoms with Gasteiger partial charge in [-0.2, -0.15) is 5.10 Å². The SMILES string of the molecule is O=C(COC(=O)c1ccccc1SCC1CCCO1)Nc1cc(C2CC2)nn1-c1ccccc1. The molecule has 1 saturated carbocycles. The zero-order valence-corrected chi connectivity index (χ0v) is 19.6. The summed E-state index contributed by atoms with van der Waals surface area (Å²) in [6, 6.07) is 18.9. The molecular weight excluding hydrogens is 450 g/mol. The molecule has 0 spiro atoms. The van der Waals surface area contributed by atoms with E-state index >= 15 is 0 Å². The van der Waals surface area contributed by atoms with Crippen LogP contribution >= 0.6 is 11.8 Å². The number of benzene rings is 2. The van der Waals surface area contributed by atoms with Gasteiger partial charge in [-0.15, -0.1) is 11.8 Å². The molecule has 5 rings (SSSR count). The number of aromatic nitrogens is 2. The van der Waals surface area contributed by atoms with Crippen molar-refractivity contribution in [2.45, 2.75) is 42.6 Å². The van der Waals surface area contributed by atoms with Gasteiger partial charge in [0.1, 0.15) is 5.82 Å². The van der Waals surface area contributed by atoms with Crippen molar-refractivity contribution in [3.8, 4) is 5.69 Å². The number of hydrogen-bond acceptors (Lipinski definition) is 6. The van der Waals surface area contributed by atoms with Gasteiger partial charge in [0, 0.05) is 29.2 Å². The van der Waals surface area contributed by atoms with Crippen molar-refractivity contribution in [1.82, 2.24) is 9.78 Å². The van der Waals surface area contributed by atoms with Crippen molar-refractivity contribution in [1.29, 1.82) is 0 Å². The van der Waals surface area contributed by atoms with Crippen molar-refractivity contribution < 1.29 is 19.1 Å². The van der Waals surface area contributed by atoms with Gasteiger partial charge in [0.25, 0.3) is 5.91 Å². The van der Waals surface area contributed by atoms with Crippen molar-refractivity contribution in [2.24, 2.45) is 0 Å². The molecule has 1 N–H and O–H groups in total. The second-order valence-corrected chi connectivity index (χ2v) is 9.60. The Bertz CT molecular complexity index is 1150. The van der Waals surface area contributed by atoms with Gasteiger partial charge in [0.15, 0.2) is 6.61 Å². The topological polar surface area (TPSA) is 82.5 Å².